The summed E-state index contributed by atoms with van der Waals surface area (Å²) in [5, 5.41) is 9.05. The van der Waals surface area contributed by atoms with Crippen LogP contribution in [0.15, 0.2) is 0 Å². The van der Waals surface area contributed by atoms with Gasteiger partial charge >= 0.3 is 5.97 Å². The van der Waals surface area contributed by atoms with Gasteiger partial charge in [-0.05, 0) is 19.3 Å². The molecule has 1 saturated heterocycles. The van der Waals surface area contributed by atoms with E-state index in [2.05, 4.69) is 4.72 Å². The van der Waals surface area contributed by atoms with Gasteiger partial charge < -0.3 is 9.84 Å². The molecule has 1 saturated carbocycles. The largest absolute Gasteiger partial charge is 0.481 e. The fraction of sp³-hybridized carbons (Fsp3) is 0.923. The summed E-state index contributed by atoms with van der Waals surface area (Å²) in [6.07, 6.45) is 1.78. The second-order valence-corrected chi connectivity index (χ2v) is 8.19. The molecule has 0 spiro atoms. The Bertz CT molecular complexity index is 505. The molecule has 0 amide bonds. The molecular weight excluding hydrogens is 296 g/mol. The Morgan fingerprint density at radius 3 is 2.62 bits per heavy atom. The average molecular weight is 320 g/mol. The van der Waals surface area contributed by atoms with Gasteiger partial charge in [-0.1, -0.05) is 13.8 Å². The van der Waals surface area contributed by atoms with Gasteiger partial charge in [0.2, 0.25) is 0 Å². The third-order valence-electron chi connectivity index (χ3n) is 4.83. The van der Waals surface area contributed by atoms with E-state index in [0.717, 1.165) is 0 Å². The lowest BCUT2D eigenvalue weighted by molar-refractivity contribution is -0.142. The fourth-order valence-corrected chi connectivity index (χ4v) is 4.76. The highest BCUT2D eigenvalue weighted by Crippen LogP contribution is 2.42. The van der Waals surface area contributed by atoms with Crippen molar-refractivity contribution in [2.24, 2.45) is 11.3 Å². The highest BCUT2D eigenvalue weighted by atomic mass is 32.2. The lowest BCUT2D eigenvalue weighted by atomic mass is 9.65. The van der Waals surface area contributed by atoms with E-state index in [9.17, 15) is 13.2 Å². The second-order valence-electron chi connectivity index (χ2n) is 6.49. The van der Waals surface area contributed by atoms with Gasteiger partial charge in [0.05, 0.1) is 12.0 Å². The third-order valence-corrected chi connectivity index (χ3v) is 6.42. The van der Waals surface area contributed by atoms with Crippen molar-refractivity contribution in [3.05, 3.63) is 0 Å². The number of methoxy groups -OCH3 is 1. The normalized spacial score (nSPS) is 33.4. The molecule has 2 rings (SSSR count). The molecule has 0 bridgehead atoms. The number of aliphatic carboxylic acids is 1. The molecule has 3 atom stereocenters. The molecule has 0 aromatic heterocycles. The number of carbonyl (C=O) groups is 1. The van der Waals surface area contributed by atoms with Gasteiger partial charge in [-0.2, -0.15) is 17.4 Å². The van der Waals surface area contributed by atoms with Gasteiger partial charge in [0.25, 0.3) is 10.2 Å². The van der Waals surface area contributed by atoms with Crippen LogP contribution in [0.25, 0.3) is 0 Å². The Labute approximate surface area is 125 Å². The van der Waals surface area contributed by atoms with Crippen molar-refractivity contribution in [3.8, 4) is 0 Å². The Kier molecular flexibility index (Phi) is 4.63. The van der Waals surface area contributed by atoms with E-state index in [1.165, 1.54) is 4.31 Å². The minimum atomic E-state index is -3.65. The first kappa shape index (κ1) is 16.7. The van der Waals surface area contributed by atoms with Crippen LogP contribution in [0.3, 0.4) is 0 Å². The van der Waals surface area contributed by atoms with Crippen LogP contribution in [-0.2, 0) is 19.7 Å². The molecule has 2 N–H and O–H groups in total. The van der Waals surface area contributed by atoms with E-state index in [-0.39, 0.29) is 24.1 Å². The molecule has 0 radical (unpaired) electrons. The van der Waals surface area contributed by atoms with Gasteiger partial charge in [-0.25, -0.2) is 0 Å². The van der Waals surface area contributed by atoms with Crippen molar-refractivity contribution >= 4 is 16.2 Å². The summed E-state index contributed by atoms with van der Waals surface area (Å²) in [5.74, 6) is -1.55. The minimum absolute atomic E-state index is 0.0401. The zero-order valence-corrected chi connectivity index (χ0v) is 13.5. The van der Waals surface area contributed by atoms with E-state index in [1.807, 2.05) is 13.8 Å². The zero-order chi connectivity index (χ0) is 15.8. The van der Waals surface area contributed by atoms with Crippen molar-refractivity contribution in [3.63, 3.8) is 0 Å². The predicted molar refractivity (Wildman–Crippen MR) is 77.0 cm³/mol. The maximum atomic E-state index is 12.4. The molecule has 8 heteroatoms. The van der Waals surface area contributed by atoms with Crippen molar-refractivity contribution in [2.75, 3.05) is 20.2 Å². The topological polar surface area (TPSA) is 95.9 Å². The van der Waals surface area contributed by atoms with Crippen LogP contribution in [-0.4, -0.2) is 56.1 Å². The lowest BCUT2D eigenvalue weighted by Gasteiger charge is -2.51. The number of ether oxygens (including phenoxy) is 1. The molecule has 7 nitrogen and oxygen atoms in total. The lowest BCUT2D eigenvalue weighted by Crippen LogP contribution is -2.63. The SMILES string of the molecule is COC1CC(NS(=O)(=O)N2CCCC(C(=O)O)C2)C1(C)C. The molecular formula is C13H24N2O5S. The third kappa shape index (κ3) is 3.23. The standard InChI is InChI=1S/C13H24N2O5S/c1-13(2)10(7-11(13)20-3)14-21(18,19)15-6-4-5-9(8-15)12(16)17/h9-11,14H,4-8H2,1-3H3,(H,16,17). The van der Waals surface area contributed by atoms with Crippen molar-refractivity contribution in [2.45, 2.75) is 45.3 Å². The first-order valence-electron chi connectivity index (χ1n) is 7.21. The molecule has 0 aromatic rings. The maximum absolute atomic E-state index is 12.4. The Morgan fingerprint density at radius 1 is 1.43 bits per heavy atom. The van der Waals surface area contributed by atoms with Gasteiger partial charge in [0, 0.05) is 31.7 Å². The van der Waals surface area contributed by atoms with Crippen LogP contribution in [0.5, 0.6) is 0 Å². The first-order valence-corrected chi connectivity index (χ1v) is 8.65. The smallest absolute Gasteiger partial charge is 0.307 e. The van der Waals surface area contributed by atoms with Crippen LogP contribution in [0.1, 0.15) is 33.1 Å². The van der Waals surface area contributed by atoms with Crippen LogP contribution < -0.4 is 4.72 Å². The Balaban J connectivity index is 2.01. The summed E-state index contributed by atoms with van der Waals surface area (Å²) < 4.78 is 34.1. The molecule has 1 heterocycles. The van der Waals surface area contributed by atoms with Crippen LogP contribution in [0, 0.1) is 11.3 Å². The summed E-state index contributed by atoms with van der Waals surface area (Å²) in [5.41, 5.74) is -0.260. The van der Waals surface area contributed by atoms with E-state index < -0.39 is 22.1 Å². The summed E-state index contributed by atoms with van der Waals surface area (Å²) in [4.78, 5) is 11.0. The molecule has 2 aliphatic rings. The predicted octanol–water partition coefficient (Wildman–Crippen LogP) is 0.431. The molecule has 21 heavy (non-hydrogen) atoms. The Morgan fingerprint density at radius 2 is 2.10 bits per heavy atom. The van der Waals surface area contributed by atoms with Gasteiger partial charge in [0.15, 0.2) is 0 Å². The van der Waals surface area contributed by atoms with Crippen molar-refractivity contribution in [1.29, 1.82) is 0 Å². The molecule has 0 aromatic carbocycles. The molecule has 122 valence electrons. The summed E-state index contributed by atoms with van der Waals surface area (Å²) in [6, 6.07) is -0.183. The molecule has 1 aliphatic carbocycles. The number of nitrogens with zero attached hydrogens (tertiary/aromatic N) is 1. The highest BCUT2D eigenvalue weighted by molar-refractivity contribution is 7.87. The monoisotopic (exact) mass is 320 g/mol. The number of hydrogen-bond donors (Lipinski definition) is 2. The Hall–Kier alpha value is -0.700. The molecule has 1 aliphatic heterocycles. The summed E-state index contributed by atoms with van der Waals surface area (Å²) in [6.45, 7) is 4.35. The highest BCUT2D eigenvalue weighted by Gasteiger charge is 2.50. The quantitative estimate of drug-likeness (QED) is 0.766. The number of hydrogen-bond acceptors (Lipinski definition) is 4. The number of carboxylic acids is 1. The van der Waals surface area contributed by atoms with Gasteiger partial charge in [-0.15, -0.1) is 0 Å². The number of nitrogens with one attached hydrogen (secondary N) is 1. The van der Waals surface area contributed by atoms with E-state index in [1.54, 1.807) is 7.11 Å². The average Bonchev–Trinajstić information content (AvgIpc) is 2.43. The molecule has 3 unspecified atom stereocenters. The van der Waals surface area contributed by atoms with Crippen LogP contribution in [0.2, 0.25) is 0 Å². The maximum Gasteiger partial charge on any atom is 0.307 e. The number of carboxylic acid groups (broad SMARTS) is 1. The summed E-state index contributed by atoms with van der Waals surface area (Å²) >= 11 is 0. The second kappa shape index (κ2) is 5.83. The van der Waals surface area contributed by atoms with E-state index >= 15 is 0 Å². The first-order chi connectivity index (χ1) is 9.68. The molecule has 2 fully saturated rings. The van der Waals surface area contributed by atoms with Gasteiger partial charge in [-0.3, -0.25) is 4.79 Å². The van der Waals surface area contributed by atoms with Crippen LogP contribution in [0.4, 0.5) is 0 Å². The number of rotatable bonds is 5. The van der Waals surface area contributed by atoms with Crippen molar-refractivity contribution < 1.29 is 23.1 Å². The van der Waals surface area contributed by atoms with E-state index in [4.69, 9.17) is 9.84 Å². The summed E-state index contributed by atoms with van der Waals surface area (Å²) in [7, 11) is -2.02. The van der Waals surface area contributed by atoms with Crippen LogP contribution >= 0.6 is 0 Å². The van der Waals surface area contributed by atoms with Gasteiger partial charge in [0.1, 0.15) is 0 Å². The number of piperidine rings is 1. The fourth-order valence-electron chi connectivity index (χ4n) is 3.10. The van der Waals surface area contributed by atoms with Crippen molar-refractivity contribution in [1.82, 2.24) is 9.03 Å². The minimum Gasteiger partial charge on any atom is -0.481 e. The zero-order valence-electron chi connectivity index (χ0n) is 12.7. The van der Waals surface area contributed by atoms with E-state index in [0.29, 0.717) is 25.8 Å².